The molecule has 0 aliphatic rings. The van der Waals surface area contributed by atoms with E-state index in [1.54, 1.807) is 84.0 Å². The highest BCUT2D eigenvalue weighted by Gasteiger charge is 2.35. The van der Waals surface area contributed by atoms with E-state index in [1.807, 2.05) is 78.9 Å². The van der Waals surface area contributed by atoms with Gasteiger partial charge < -0.3 is 44.2 Å². The molecule has 4 aromatic carbocycles. The van der Waals surface area contributed by atoms with Gasteiger partial charge in [0.25, 0.3) is 0 Å². The predicted molar refractivity (Wildman–Crippen MR) is 212 cm³/mol. The number of benzene rings is 4. The molecule has 0 radical (unpaired) electrons. The summed E-state index contributed by atoms with van der Waals surface area (Å²) in [6, 6.07) is 34.4. The predicted octanol–water partition coefficient (Wildman–Crippen LogP) is 7.34. The van der Waals surface area contributed by atoms with Gasteiger partial charge in [0.15, 0.2) is 12.2 Å². The largest absolute Gasteiger partial charge is 0.459 e. The maximum absolute atomic E-state index is 12.9. The topological polar surface area (TPSA) is 168 Å². The molecule has 13 nitrogen and oxygen atoms in total. The average Bonchev–Trinajstić information content (AvgIpc) is 3.18. The number of amides is 2. The monoisotopic (exact) mass is 786 g/mol. The SMILES string of the molecule is CC(C)(C)OC(=O)N[C@@H](c1ccccc1)[C@@H](O)C(=O)OCc1ccccc1.COCO[C@@H](C(=O)OCc1ccccc1)[C@@H](NC(=O)OC(C)(C)C)c1ccccc1. The molecule has 0 spiro atoms. The van der Waals surface area contributed by atoms with E-state index in [2.05, 4.69) is 10.6 Å². The fraction of sp³-hybridized carbons (Fsp3) is 0.364. The summed E-state index contributed by atoms with van der Waals surface area (Å²) in [7, 11) is 1.45. The number of carbonyl (C=O) groups is 4. The van der Waals surface area contributed by atoms with Gasteiger partial charge in [0, 0.05) is 7.11 Å². The summed E-state index contributed by atoms with van der Waals surface area (Å²) in [5.41, 5.74) is 1.47. The number of carbonyl (C=O) groups excluding carboxylic acids is 4. The van der Waals surface area contributed by atoms with Crippen LogP contribution in [0.15, 0.2) is 121 Å². The van der Waals surface area contributed by atoms with Crippen LogP contribution in [0.3, 0.4) is 0 Å². The van der Waals surface area contributed by atoms with Crippen LogP contribution in [0, 0.1) is 0 Å². The van der Waals surface area contributed by atoms with Crippen LogP contribution in [-0.2, 0) is 51.2 Å². The molecule has 2 amide bonds. The number of aliphatic hydroxyl groups is 1. The first-order chi connectivity index (χ1) is 27.1. The number of hydrogen-bond donors (Lipinski definition) is 3. The molecule has 4 rings (SSSR count). The molecule has 4 aromatic rings. The van der Waals surface area contributed by atoms with Crippen molar-refractivity contribution in [2.24, 2.45) is 0 Å². The first-order valence-corrected chi connectivity index (χ1v) is 18.3. The number of rotatable bonds is 15. The van der Waals surface area contributed by atoms with E-state index in [-0.39, 0.29) is 20.0 Å². The standard InChI is InChI=1S/C23H29NO6.C21H25NO5/c1-23(2,3)30-22(26)24-19(18-13-9-6-10-14-18)20(29-16-27-4)21(25)28-15-17-11-7-5-8-12-17;1-21(2,3)27-20(25)22-17(16-12-8-5-9-13-16)18(23)19(24)26-14-15-10-6-4-7-11-15/h5-14,19-20H,15-16H2,1-4H3,(H,24,26);4-13,17-18,23H,14H2,1-3H3,(H,22,25)/t19-,20+;17-,18+/m00/s1. The Morgan fingerprint density at radius 2 is 0.930 bits per heavy atom. The minimum absolute atomic E-state index is 0.0324. The van der Waals surface area contributed by atoms with E-state index in [9.17, 15) is 24.3 Å². The molecule has 0 heterocycles. The number of aliphatic hydroxyl groups excluding tert-OH is 1. The zero-order chi connectivity index (χ0) is 41.8. The van der Waals surface area contributed by atoms with Gasteiger partial charge in [-0.25, -0.2) is 19.2 Å². The number of alkyl carbamates (subject to hydrolysis) is 2. The molecule has 0 aliphatic heterocycles. The molecule has 0 saturated carbocycles. The minimum Gasteiger partial charge on any atom is -0.459 e. The zero-order valence-corrected chi connectivity index (χ0v) is 33.5. The number of esters is 2. The summed E-state index contributed by atoms with van der Waals surface area (Å²) >= 11 is 0. The van der Waals surface area contributed by atoms with E-state index in [4.69, 9.17) is 28.4 Å². The van der Waals surface area contributed by atoms with Crippen molar-refractivity contribution in [1.82, 2.24) is 10.6 Å². The Hall–Kier alpha value is -5.76. The van der Waals surface area contributed by atoms with Crippen LogP contribution in [0.4, 0.5) is 9.59 Å². The lowest BCUT2D eigenvalue weighted by Crippen LogP contribution is -2.44. The summed E-state index contributed by atoms with van der Waals surface area (Å²) in [5, 5.41) is 15.8. The van der Waals surface area contributed by atoms with Gasteiger partial charge in [0.1, 0.15) is 31.2 Å². The van der Waals surface area contributed by atoms with Crippen molar-refractivity contribution in [2.45, 2.75) is 90.2 Å². The van der Waals surface area contributed by atoms with Crippen molar-refractivity contribution in [3.05, 3.63) is 144 Å². The van der Waals surface area contributed by atoms with Crippen LogP contribution in [0.5, 0.6) is 0 Å². The summed E-state index contributed by atoms with van der Waals surface area (Å²) < 4.78 is 31.9. The number of nitrogens with one attached hydrogen (secondary N) is 2. The molecule has 0 bridgehead atoms. The first-order valence-electron chi connectivity index (χ1n) is 18.3. The molecule has 0 aromatic heterocycles. The molecule has 0 unspecified atom stereocenters. The van der Waals surface area contributed by atoms with Crippen LogP contribution in [0.1, 0.15) is 75.9 Å². The lowest BCUT2D eigenvalue weighted by atomic mass is 10.0. The Morgan fingerprint density at radius 3 is 1.33 bits per heavy atom. The third-order valence-corrected chi connectivity index (χ3v) is 7.57. The van der Waals surface area contributed by atoms with Gasteiger partial charge in [0.2, 0.25) is 0 Å². The van der Waals surface area contributed by atoms with E-state index >= 15 is 0 Å². The summed E-state index contributed by atoms with van der Waals surface area (Å²) in [6.07, 6.45) is -4.11. The van der Waals surface area contributed by atoms with E-state index in [0.717, 1.165) is 11.1 Å². The molecule has 0 aliphatic carbocycles. The molecule has 13 heteroatoms. The molecule has 0 saturated heterocycles. The van der Waals surface area contributed by atoms with Gasteiger partial charge in [-0.05, 0) is 63.8 Å². The molecule has 3 N–H and O–H groups in total. The van der Waals surface area contributed by atoms with Crippen molar-refractivity contribution >= 4 is 24.1 Å². The molecule has 57 heavy (non-hydrogen) atoms. The average molecular weight is 787 g/mol. The Balaban J connectivity index is 0.000000307. The van der Waals surface area contributed by atoms with Gasteiger partial charge in [-0.3, -0.25) is 0 Å². The van der Waals surface area contributed by atoms with Crippen molar-refractivity contribution in [2.75, 3.05) is 13.9 Å². The van der Waals surface area contributed by atoms with Crippen molar-refractivity contribution in [1.29, 1.82) is 0 Å². The second-order valence-corrected chi connectivity index (χ2v) is 14.7. The Kier molecular flexibility index (Phi) is 18.2. The molecular formula is C44H54N2O11. The summed E-state index contributed by atoms with van der Waals surface area (Å²) in [5.74, 6) is -1.45. The molecule has 306 valence electrons. The quantitative estimate of drug-likeness (QED) is 0.0627. The summed E-state index contributed by atoms with van der Waals surface area (Å²) in [4.78, 5) is 49.8. The third-order valence-electron chi connectivity index (χ3n) is 7.57. The van der Waals surface area contributed by atoms with Gasteiger partial charge in [-0.2, -0.15) is 0 Å². The van der Waals surface area contributed by atoms with Gasteiger partial charge in [-0.1, -0.05) is 121 Å². The highest BCUT2D eigenvalue weighted by Crippen LogP contribution is 2.23. The summed E-state index contributed by atoms with van der Waals surface area (Å²) in [6.45, 7) is 10.4. The van der Waals surface area contributed by atoms with Gasteiger partial charge in [0.05, 0.1) is 12.1 Å². The fourth-order valence-electron chi connectivity index (χ4n) is 5.07. The molecule has 4 atom stereocenters. The highest BCUT2D eigenvalue weighted by atomic mass is 16.7. The second-order valence-electron chi connectivity index (χ2n) is 14.7. The Morgan fingerprint density at radius 1 is 0.561 bits per heavy atom. The zero-order valence-electron chi connectivity index (χ0n) is 33.5. The van der Waals surface area contributed by atoms with E-state index in [1.165, 1.54) is 7.11 Å². The van der Waals surface area contributed by atoms with Crippen LogP contribution in [0.2, 0.25) is 0 Å². The van der Waals surface area contributed by atoms with Crippen LogP contribution < -0.4 is 10.6 Å². The van der Waals surface area contributed by atoms with Crippen molar-refractivity contribution in [3.63, 3.8) is 0 Å². The first kappa shape index (κ1) is 45.6. The maximum atomic E-state index is 12.9. The maximum Gasteiger partial charge on any atom is 0.408 e. The normalized spacial score (nSPS) is 13.3. The van der Waals surface area contributed by atoms with Gasteiger partial charge in [-0.15, -0.1) is 0 Å². The highest BCUT2D eigenvalue weighted by molar-refractivity contribution is 5.78. The fourth-order valence-corrected chi connectivity index (χ4v) is 5.07. The van der Waals surface area contributed by atoms with Crippen LogP contribution in [-0.4, -0.2) is 66.5 Å². The molecular weight excluding hydrogens is 732 g/mol. The third kappa shape index (κ3) is 17.3. The minimum atomic E-state index is -1.58. The van der Waals surface area contributed by atoms with Crippen LogP contribution in [0.25, 0.3) is 0 Å². The lowest BCUT2D eigenvalue weighted by molar-refractivity contribution is -0.169. The second kappa shape index (κ2) is 22.7. The van der Waals surface area contributed by atoms with E-state index in [0.29, 0.717) is 11.1 Å². The smallest absolute Gasteiger partial charge is 0.408 e. The van der Waals surface area contributed by atoms with Crippen molar-refractivity contribution in [3.8, 4) is 0 Å². The van der Waals surface area contributed by atoms with Crippen LogP contribution >= 0.6 is 0 Å². The molecule has 0 fully saturated rings. The van der Waals surface area contributed by atoms with E-state index < -0.39 is 59.6 Å². The number of hydrogen-bond acceptors (Lipinski definition) is 11. The van der Waals surface area contributed by atoms with Crippen molar-refractivity contribution < 1.29 is 52.7 Å². The lowest BCUT2D eigenvalue weighted by Gasteiger charge is -2.28. The Labute approximate surface area is 334 Å². The van der Waals surface area contributed by atoms with Gasteiger partial charge >= 0.3 is 24.1 Å². The Bertz CT molecular complexity index is 1800. The number of ether oxygens (including phenoxy) is 6. The number of methoxy groups -OCH3 is 1.